The summed E-state index contributed by atoms with van der Waals surface area (Å²) >= 11 is 0. The van der Waals surface area contributed by atoms with E-state index in [0.29, 0.717) is 16.5 Å². The number of aliphatic hydroxyl groups excluding tert-OH is 1. The molecule has 1 aromatic carbocycles. The Morgan fingerprint density at radius 3 is 2.67 bits per heavy atom. The first kappa shape index (κ1) is 15.6. The maximum absolute atomic E-state index is 12.5. The molecule has 0 bridgehead atoms. The number of nitrogens with one attached hydrogen (secondary N) is 2. The van der Waals surface area contributed by atoms with Gasteiger partial charge in [-0.2, -0.15) is 0 Å². The summed E-state index contributed by atoms with van der Waals surface area (Å²) in [6.07, 6.45) is 4.08. The zero-order valence-corrected chi connectivity index (χ0v) is 12.5. The highest BCUT2D eigenvalue weighted by Crippen LogP contribution is 2.16. The first-order chi connectivity index (χ1) is 11.7. The van der Waals surface area contributed by atoms with Gasteiger partial charge < -0.3 is 10.4 Å². The smallest absolute Gasteiger partial charge is 0.263 e. The lowest BCUT2D eigenvalue weighted by Gasteiger charge is -2.16. The van der Waals surface area contributed by atoms with E-state index in [1.807, 2.05) is 6.07 Å². The van der Waals surface area contributed by atoms with Crippen LogP contribution in [-0.4, -0.2) is 49.4 Å². The van der Waals surface area contributed by atoms with Crippen molar-refractivity contribution in [2.24, 2.45) is 0 Å². The van der Waals surface area contributed by atoms with Gasteiger partial charge in [-0.15, -0.1) is 10.2 Å². The lowest BCUT2D eigenvalue weighted by molar-refractivity contribution is -0.119. The van der Waals surface area contributed by atoms with Crippen LogP contribution < -0.4 is 10.7 Å². The number of hydrogen-bond donors (Lipinski definition) is 3. The Morgan fingerprint density at radius 1 is 1.17 bits per heavy atom. The second kappa shape index (κ2) is 6.84. The maximum atomic E-state index is 12.5. The molecular formula is C15H14N6O3. The van der Waals surface area contributed by atoms with E-state index in [9.17, 15) is 14.7 Å². The molecule has 9 nitrogen and oxygen atoms in total. The number of amides is 2. The summed E-state index contributed by atoms with van der Waals surface area (Å²) in [6.45, 7) is -0.553. The number of hydrogen-bond acceptors (Lipinski definition) is 6. The summed E-state index contributed by atoms with van der Waals surface area (Å²) in [5, 5.41) is 19.7. The van der Waals surface area contributed by atoms with Gasteiger partial charge in [0.2, 0.25) is 0 Å². The van der Waals surface area contributed by atoms with Gasteiger partial charge in [-0.25, -0.2) is 4.68 Å². The fourth-order valence-corrected chi connectivity index (χ4v) is 2.19. The Kier molecular flexibility index (Phi) is 4.43. The number of nitrogens with zero attached hydrogens (tertiary/aromatic N) is 4. The molecular weight excluding hydrogens is 312 g/mol. The minimum absolute atomic E-state index is 0.371. The summed E-state index contributed by atoms with van der Waals surface area (Å²) in [4.78, 5) is 28.8. The van der Waals surface area contributed by atoms with Gasteiger partial charge >= 0.3 is 0 Å². The van der Waals surface area contributed by atoms with Crippen LogP contribution in [0.15, 0.2) is 49.2 Å². The van der Waals surface area contributed by atoms with Gasteiger partial charge in [-0.3, -0.25) is 20.0 Å². The second-order valence-corrected chi connectivity index (χ2v) is 4.93. The minimum atomic E-state index is -1.12. The third-order valence-electron chi connectivity index (χ3n) is 3.36. The number of para-hydroxylation sites is 1. The second-order valence-electron chi connectivity index (χ2n) is 4.93. The molecule has 0 radical (unpaired) electrons. The van der Waals surface area contributed by atoms with Crippen molar-refractivity contribution in [1.82, 2.24) is 25.2 Å². The molecule has 3 rings (SSSR count). The van der Waals surface area contributed by atoms with E-state index in [1.165, 1.54) is 23.5 Å². The Balaban J connectivity index is 1.77. The Labute approximate surface area is 136 Å². The fourth-order valence-electron chi connectivity index (χ4n) is 2.19. The molecule has 3 aromatic rings. The molecule has 0 aliphatic rings. The summed E-state index contributed by atoms with van der Waals surface area (Å²) in [7, 11) is 0. The van der Waals surface area contributed by atoms with Gasteiger partial charge in [0.15, 0.2) is 0 Å². The average molecular weight is 326 g/mol. The van der Waals surface area contributed by atoms with Crippen molar-refractivity contribution in [2.75, 3.05) is 12.0 Å². The maximum Gasteiger partial charge on any atom is 0.263 e. The normalized spacial score (nSPS) is 11.9. The molecule has 0 saturated carbocycles. The Morgan fingerprint density at radius 2 is 1.92 bits per heavy atom. The van der Waals surface area contributed by atoms with Crippen LogP contribution in [0.25, 0.3) is 10.9 Å². The van der Waals surface area contributed by atoms with Gasteiger partial charge in [-0.1, -0.05) is 18.2 Å². The number of carbonyl (C=O) groups is 2. The summed E-state index contributed by atoms with van der Waals surface area (Å²) in [5.41, 5.74) is 3.47. The zero-order valence-electron chi connectivity index (χ0n) is 12.5. The molecule has 122 valence electrons. The number of carbonyl (C=O) groups excluding carboxylic acids is 2. The Hall–Kier alpha value is -3.33. The summed E-state index contributed by atoms with van der Waals surface area (Å²) < 4.78 is 1.22. The van der Waals surface area contributed by atoms with Gasteiger partial charge in [0.1, 0.15) is 18.7 Å². The highest BCUT2D eigenvalue weighted by Gasteiger charge is 2.22. The fraction of sp³-hybridized carbons (Fsp3) is 0.133. The Bertz CT molecular complexity index is 859. The van der Waals surface area contributed by atoms with Gasteiger partial charge in [0, 0.05) is 11.6 Å². The van der Waals surface area contributed by atoms with Gasteiger partial charge in [0.25, 0.3) is 11.8 Å². The lowest BCUT2D eigenvalue weighted by atomic mass is 10.1. The van der Waals surface area contributed by atoms with E-state index in [4.69, 9.17) is 0 Å². The van der Waals surface area contributed by atoms with Crippen LogP contribution in [0, 0.1) is 0 Å². The molecule has 1 atom stereocenters. The highest BCUT2D eigenvalue weighted by molar-refractivity contribution is 6.07. The SMILES string of the molecule is O=C(NC(CO)C(=O)Nn1cnnc1)c1ccnc2ccccc12. The monoisotopic (exact) mass is 326 g/mol. The van der Waals surface area contributed by atoms with Crippen LogP contribution in [-0.2, 0) is 4.79 Å². The molecule has 0 aliphatic carbocycles. The summed E-state index contributed by atoms with van der Waals surface area (Å²) in [5.74, 6) is -1.07. The quantitative estimate of drug-likeness (QED) is 0.591. The molecule has 2 heterocycles. The van der Waals surface area contributed by atoms with Crippen molar-refractivity contribution in [1.29, 1.82) is 0 Å². The molecule has 2 amide bonds. The molecule has 1 unspecified atom stereocenters. The zero-order chi connectivity index (χ0) is 16.9. The molecule has 0 aliphatic heterocycles. The van der Waals surface area contributed by atoms with E-state index in [0.717, 1.165) is 0 Å². The predicted octanol–water partition coefficient (Wildman–Crippen LogP) is -0.313. The molecule has 0 saturated heterocycles. The minimum Gasteiger partial charge on any atom is -0.394 e. The number of rotatable bonds is 5. The van der Waals surface area contributed by atoms with Gasteiger partial charge in [0.05, 0.1) is 17.7 Å². The van der Waals surface area contributed by atoms with Crippen LogP contribution in [0.1, 0.15) is 10.4 Å². The van der Waals surface area contributed by atoms with Crippen molar-refractivity contribution in [2.45, 2.75) is 6.04 Å². The van der Waals surface area contributed by atoms with E-state index in [-0.39, 0.29) is 0 Å². The molecule has 0 spiro atoms. The van der Waals surface area contributed by atoms with Crippen molar-refractivity contribution in [3.63, 3.8) is 0 Å². The van der Waals surface area contributed by atoms with Crippen LogP contribution in [0.5, 0.6) is 0 Å². The van der Waals surface area contributed by atoms with Crippen molar-refractivity contribution >= 4 is 22.7 Å². The third kappa shape index (κ3) is 3.20. The largest absolute Gasteiger partial charge is 0.394 e. The average Bonchev–Trinajstić information content (AvgIpc) is 3.11. The van der Waals surface area contributed by atoms with Crippen LogP contribution in [0.2, 0.25) is 0 Å². The van der Waals surface area contributed by atoms with Crippen LogP contribution >= 0.6 is 0 Å². The molecule has 0 fully saturated rings. The van der Waals surface area contributed by atoms with Crippen LogP contribution in [0.4, 0.5) is 0 Å². The van der Waals surface area contributed by atoms with E-state index >= 15 is 0 Å². The first-order valence-corrected chi connectivity index (χ1v) is 7.10. The summed E-state index contributed by atoms with van der Waals surface area (Å²) in [6, 6.07) is 7.61. The third-order valence-corrected chi connectivity index (χ3v) is 3.36. The number of benzene rings is 1. The number of aromatic nitrogens is 4. The number of fused-ring (bicyclic) bond motifs is 1. The van der Waals surface area contributed by atoms with Gasteiger partial charge in [-0.05, 0) is 12.1 Å². The number of aliphatic hydroxyl groups is 1. The predicted molar refractivity (Wildman–Crippen MR) is 84.5 cm³/mol. The van der Waals surface area contributed by atoms with Crippen LogP contribution in [0.3, 0.4) is 0 Å². The van der Waals surface area contributed by atoms with Crippen molar-refractivity contribution in [3.05, 3.63) is 54.7 Å². The van der Waals surface area contributed by atoms with E-state index in [1.54, 1.807) is 24.3 Å². The highest BCUT2D eigenvalue weighted by atomic mass is 16.3. The molecule has 24 heavy (non-hydrogen) atoms. The lowest BCUT2D eigenvalue weighted by Crippen LogP contribution is -2.47. The van der Waals surface area contributed by atoms with Crippen molar-refractivity contribution < 1.29 is 14.7 Å². The standard InChI is InChI=1S/C15H14N6O3/c22-7-13(15(24)20-21-8-17-18-9-21)19-14(23)11-5-6-16-12-4-2-1-3-10(11)12/h1-6,8-9,13,22H,7H2,(H,19,23)(H,20,24). The van der Waals surface area contributed by atoms with E-state index < -0.39 is 24.5 Å². The molecule has 2 aromatic heterocycles. The van der Waals surface area contributed by atoms with Crippen molar-refractivity contribution in [3.8, 4) is 0 Å². The molecule has 3 N–H and O–H groups in total. The molecule has 9 heteroatoms. The number of pyridine rings is 1. The first-order valence-electron chi connectivity index (χ1n) is 7.10. The van der Waals surface area contributed by atoms with E-state index in [2.05, 4.69) is 25.9 Å². The topological polar surface area (TPSA) is 122 Å².